The Hall–Kier alpha value is -0.272. The Bertz CT molecular complexity index is 343. The van der Waals surface area contributed by atoms with Gasteiger partial charge < -0.3 is 0 Å². The maximum atomic E-state index is 11.6. The van der Waals surface area contributed by atoms with E-state index in [0.717, 1.165) is 0 Å². The second-order valence-electron chi connectivity index (χ2n) is 2.60. The van der Waals surface area contributed by atoms with Gasteiger partial charge in [0.1, 0.15) is 0 Å². The van der Waals surface area contributed by atoms with Crippen LogP contribution in [0.25, 0.3) is 0 Å². The fraction of sp³-hybridized carbons (Fsp3) is 0.250. The predicted octanol–water partition coefficient (Wildman–Crippen LogP) is 1.71. The summed E-state index contributed by atoms with van der Waals surface area (Å²) in [5.41, 5.74) is 3.66. The van der Waals surface area contributed by atoms with Gasteiger partial charge in [0.2, 0.25) is 0 Å². The molecule has 1 aromatic rings. The van der Waals surface area contributed by atoms with Gasteiger partial charge in [-0.1, -0.05) is 0 Å². The zero-order valence-corrected chi connectivity index (χ0v) is 9.75. The van der Waals surface area contributed by atoms with Crippen LogP contribution in [0, 0.1) is 0 Å². The van der Waals surface area contributed by atoms with Gasteiger partial charge in [0.25, 0.3) is 0 Å². The van der Waals surface area contributed by atoms with Crippen LogP contribution >= 0.6 is 0 Å². The van der Waals surface area contributed by atoms with Gasteiger partial charge in [-0.3, -0.25) is 0 Å². The van der Waals surface area contributed by atoms with Gasteiger partial charge in [-0.05, 0) is 0 Å². The molecule has 0 aromatic heterocycles. The van der Waals surface area contributed by atoms with E-state index in [-0.39, 0.29) is 0 Å². The third kappa shape index (κ3) is 1.90. The number of benzene rings is 1. The van der Waals surface area contributed by atoms with Crippen LogP contribution in [0.4, 0.5) is 0 Å². The van der Waals surface area contributed by atoms with Crippen molar-refractivity contribution in [1.29, 1.82) is 0 Å². The van der Waals surface area contributed by atoms with Gasteiger partial charge >= 0.3 is 76.7 Å². The van der Waals surface area contributed by atoms with Gasteiger partial charge in [-0.15, -0.1) is 0 Å². The fourth-order valence-corrected chi connectivity index (χ4v) is 5.15. The standard InChI is InChI=1S/C8H11AsO2S/c1-9(2)12(10,11)8-6-4-3-5-7-8/h3-7H,1-2H3. The summed E-state index contributed by atoms with van der Waals surface area (Å²) in [6.45, 7) is 0. The van der Waals surface area contributed by atoms with E-state index in [0.29, 0.717) is 4.90 Å². The molecule has 0 heterocycles. The molecule has 0 aliphatic carbocycles. The number of hydrogen-bond acceptors (Lipinski definition) is 2. The minimum atomic E-state index is -2.93. The summed E-state index contributed by atoms with van der Waals surface area (Å²) in [4.78, 5) is 0.468. The summed E-state index contributed by atoms with van der Waals surface area (Å²) in [6, 6.07) is 8.64. The fourth-order valence-electron chi connectivity index (χ4n) is 0.803. The van der Waals surface area contributed by atoms with Crippen molar-refractivity contribution in [1.82, 2.24) is 0 Å². The molecule has 0 amide bonds. The van der Waals surface area contributed by atoms with Crippen LogP contribution in [0.3, 0.4) is 0 Å². The van der Waals surface area contributed by atoms with E-state index in [1.165, 1.54) is 0 Å². The van der Waals surface area contributed by atoms with E-state index in [9.17, 15) is 8.42 Å². The topological polar surface area (TPSA) is 34.1 Å². The van der Waals surface area contributed by atoms with Crippen molar-refractivity contribution in [3.63, 3.8) is 0 Å². The van der Waals surface area contributed by atoms with Crippen LogP contribution in [-0.4, -0.2) is 21.9 Å². The SMILES string of the molecule is C[As](C)S(=O)(=O)c1ccccc1. The minimum absolute atomic E-state index is 0.468. The molecule has 0 unspecified atom stereocenters. The molecule has 4 heteroatoms. The van der Waals surface area contributed by atoms with Crippen LogP contribution in [-0.2, 0) is 8.10 Å². The molecule has 0 bridgehead atoms. The summed E-state index contributed by atoms with van der Waals surface area (Å²) >= 11 is -1.70. The van der Waals surface area contributed by atoms with Crippen LogP contribution in [0.2, 0.25) is 11.4 Å². The molecule has 0 fully saturated rings. The number of rotatable bonds is 2. The average Bonchev–Trinajstić information content (AvgIpc) is 2.06. The maximum absolute atomic E-state index is 11.6. The molecule has 0 spiro atoms. The second kappa shape index (κ2) is 3.63. The van der Waals surface area contributed by atoms with E-state index < -0.39 is 21.6 Å². The molecule has 0 aliphatic rings. The van der Waals surface area contributed by atoms with Crippen molar-refractivity contribution in [3.8, 4) is 0 Å². The van der Waals surface area contributed by atoms with Crippen LogP contribution in [0.5, 0.6) is 0 Å². The zero-order valence-electron chi connectivity index (χ0n) is 7.06. The first kappa shape index (κ1) is 9.81. The summed E-state index contributed by atoms with van der Waals surface area (Å²) in [5.74, 6) is 0. The molecular formula is C8H11AsO2S. The van der Waals surface area contributed by atoms with Gasteiger partial charge in [0.15, 0.2) is 0 Å². The molecule has 12 heavy (non-hydrogen) atoms. The van der Waals surface area contributed by atoms with Crippen molar-refractivity contribution in [2.45, 2.75) is 16.3 Å². The van der Waals surface area contributed by atoms with Gasteiger partial charge in [0, 0.05) is 0 Å². The first-order valence-electron chi connectivity index (χ1n) is 3.53. The Morgan fingerprint density at radius 2 is 1.58 bits per heavy atom. The molecule has 0 saturated carbocycles. The Kier molecular flexibility index (Phi) is 2.97. The van der Waals surface area contributed by atoms with E-state index in [1.54, 1.807) is 24.3 Å². The summed E-state index contributed by atoms with van der Waals surface area (Å²) in [7, 11) is -2.93. The van der Waals surface area contributed by atoms with Crippen LogP contribution in [0.1, 0.15) is 0 Å². The molecule has 66 valence electrons. The van der Waals surface area contributed by atoms with E-state index >= 15 is 0 Å². The van der Waals surface area contributed by atoms with Gasteiger partial charge in [-0.2, -0.15) is 0 Å². The molecule has 0 radical (unpaired) electrons. The Balaban J connectivity index is 3.17. The average molecular weight is 246 g/mol. The molecule has 0 atom stereocenters. The molecule has 0 saturated heterocycles. The molecule has 0 N–H and O–H groups in total. The first-order valence-corrected chi connectivity index (χ1v) is 11.0. The Morgan fingerprint density at radius 3 is 2.00 bits per heavy atom. The summed E-state index contributed by atoms with van der Waals surface area (Å²) in [6.07, 6.45) is 0. The Morgan fingerprint density at radius 1 is 1.08 bits per heavy atom. The molecule has 2 nitrogen and oxygen atoms in total. The van der Waals surface area contributed by atoms with E-state index in [4.69, 9.17) is 0 Å². The van der Waals surface area contributed by atoms with Crippen LogP contribution < -0.4 is 0 Å². The normalized spacial score (nSPS) is 11.9. The third-order valence-corrected chi connectivity index (χ3v) is 10.7. The summed E-state index contributed by atoms with van der Waals surface area (Å²) < 4.78 is 23.2. The van der Waals surface area contributed by atoms with Crippen molar-refractivity contribution in [2.75, 3.05) is 0 Å². The Labute approximate surface area is 76.8 Å². The molecule has 1 aromatic carbocycles. The van der Waals surface area contributed by atoms with Crippen molar-refractivity contribution in [2.24, 2.45) is 0 Å². The molecular weight excluding hydrogens is 235 g/mol. The monoisotopic (exact) mass is 246 g/mol. The van der Waals surface area contributed by atoms with Gasteiger partial charge in [-0.25, -0.2) is 0 Å². The van der Waals surface area contributed by atoms with E-state index in [2.05, 4.69) is 0 Å². The van der Waals surface area contributed by atoms with Crippen molar-refractivity contribution < 1.29 is 8.42 Å². The van der Waals surface area contributed by atoms with Crippen molar-refractivity contribution in [3.05, 3.63) is 30.3 Å². The predicted molar refractivity (Wildman–Crippen MR) is 51.1 cm³/mol. The third-order valence-electron chi connectivity index (χ3n) is 1.52. The van der Waals surface area contributed by atoms with Crippen molar-refractivity contribution >= 4 is 21.6 Å². The quantitative estimate of drug-likeness (QED) is 0.744. The van der Waals surface area contributed by atoms with Crippen LogP contribution in [0.15, 0.2) is 35.2 Å². The molecule has 0 aliphatic heterocycles. The van der Waals surface area contributed by atoms with E-state index in [1.807, 2.05) is 17.5 Å². The summed E-state index contributed by atoms with van der Waals surface area (Å²) in [5, 5.41) is 0. The first-order chi connectivity index (χ1) is 5.55. The zero-order chi connectivity index (χ0) is 9.19. The number of hydrogen-bond donors (Lipinski definition) is 0. The van der Waals surface area contributed by atoms with Gasteiger partial charge in [0.05, 0.1) is 0 Å². The second-order valence-corrected chi connectivity index (χ2v) is 14.3. The molecule has 1 rings (SSSR count).